The Balaban J connectivity index is 0.00000289. The molecule has 0 saturated heterocycles. The Morgan fingerprint density at radius 2 is 1.89 bits per heavy atom. The van der Waals surface area contributed by atoms with Gasteiger partial charge in [-0.15, -0.1) is 11.3 Å². The van der Waals surface area contributed by atoms with Crippen LogP contribution in [0.15, 0.2) is 57.7 Å². The number of aromatic nitrogens is 2. The van der Waals surface area contributed by atoms with Gasteiger partial charge < -0.3 is 17.3 Å². The summed E-state index contributed by atoms with van der Waals surface area (Å²) in [6.45, 7) is 5.27. The standard InChI is InChI=1S/C25H22Cl2N3OS3.ClH/c1-4-30-22(13-21-29(10-11-32-21)14-16-17(26)6-5-7-18(16)27)34-23(24(30)31)25-28(3)19-9-8-15(2)12-20(19)33-25;/h5-13H,4,14H2,1-3H3;1H/q+1;/p-1/b25-23+;. The molecule has 0 aliphatic carbocycles. The molecule has 10 heteroatoms. The largest absolute Gasteiger partial charge is 1.00 e. The summed E-state index contributed by atoms with van der Waals surface area (Å²) in [5.41, 5.74) is 3.29. The van der Waals surface area contributed by atoms with Gasteiger partial charge in [-0.05, 0) is 43.7 Å². The highest BCUT2D eigenvalue weighted by atomic mass is 35.5. The summed E-state index contributed by atoms with van der Waals surface area (Å²) in [5.74, 6) is 0. The lowest BCUT2D eigenvalue weighted by Crippen LogP contribution is -3.00. The van der Waals surface area contributed by atoms with E-state index >= 15 is 0 Å². The summed E-state index contributed by atoms with van der Waals surface area (Å²) in [5, 5.41) is 5.34. The SMILES string of the molecule is CCn1c(=O)/c(=C2\Sc3cc(C)ccc3N2C)s/c1=C\c1scc[n+]1Cc1c(Cl)cccc1Cl.[Cl-]. The quantitative estimate of drug-likeness (QED) is 0.345. The van der Waals surface area contributed by atoms with E-state index in [1.165, 1.54) is 10.5 Å². The monoisotopic (exact) mass is 581 g/mol. The lowest BCUT2D eigenvalue weighted by atomic mass is 10.2. The molecule has 3 heterocycles. The molecule has 0 amide bonds. The van der Waals surface area contributed by atoms with Crippen molar-refractivity contribution >= 4 is 74.4 Å². The van der Waals surface area contributed by atoms with Gasteiger partial charge in [0.15, 0.2) is 12.7 Å². The van der Waals surface area contributed by atoms with Gasteiger partial charge in [0.05, 0.1) is 32.8 Å². The lowest BCUT2D eigenvalue weighted by Gasteiger charge is -2.12. The molecular weight excluding hydrogens is 561 g/mol. The molecule has 5 rings (SSSR count). The van der Waals surface area contributed by atoms with Crippen LogP contribution in [-0.4, -0.2) is 11.6 Å². The maximum atomic E-state index is 13.4. The molecule has 4 nitrogen and oxygen atoms in total. The second-order valence-electron chi connectivity index (χ2n) is 7.97. The van der Waals surface area contributed by atoms with Gasteiger partial charge in [0.1, 0.15) is 14.2 Å². The Morgan fingerprint density at radius 1 is 1.14 bits per heavy atom. The first-order chi connectivity index (χ1) is 16.4. The third-order valence-corrected chi connectivity index (χ3v) is 9.79. The predicted molar refractivity (Wildman–Crippen MR) is 146 cm³/mol. The molecule has 0 bridgehead atoms. The number of benzene rings is 2. The molecule has 0 spiro atoms. The Morgan fingerprint density at radius 3 is 2.60 bits per heavy atom. The van der Waals surface area contributed by atoms with Crippen LogP contribution in [0.2, 0.25) is 10.0 Å². The van der Waals surface area contributed by atoms with E-state index < -0.39 is 0 Å². The number of anilines is 1. The first kappa shape index (κ1) is 26.3. The summed E-state index contributed by atoms with van der Waals surface area (Å²) in [7, 11) is 2.03. The first-order valence-electron chi connectivity index (χ1n) is 10.7. The van der Waals surface area contributed by atoms with Crippen molar-refractivity contribution < 1.29 is 17.0 Å². The van der Waals surface area contributed by atoms with E-state index in [2.05, 4.69) is 40.7 Å². The molecule has 0 saturated carbocycles. The maximum absolute atomic E-state index is 13.4. The zero-order chi connectivity index (χ0) is 24.0. The van der Waals surface area contributed by atoms with Crippen LogP contribution < -0.4 is 36.6 Å². The topological polar surface area (TPSA) is 29.1 Å². The first-order valence-corrected chi connectivity index (χ1v) is 14.0. The molecule has 182 valence electrons. The molecule has 0 fully saturated rings. The van der Waals surface area contributed by atoms with E-state index in [9.17, 15) is 4.79 Å². The fourth-order valence-electron chi connectivity index (χ4n) is 3.95. The van der Waals surface area contributed by atoms with E-state index in [0.29, 0.717) is 23.1 Å². The van der Waals surface area contributed by atoms with Gasteiger partial charge in [0.25, 0.3) is 10.6 Å². The Hall–Kier alpha value is -1.74. The summed E-state index contributed by atoms with van der Waals surface area (Å²) < 4.78 is 5.66. The third-order valence-electron chi connectivity index (χ3n) is 5.76. The van der Waals surface area contributed by atoms with Gasteiger partial charge in [-0.3, -0.25) is 9.36 Å². The summed E-state index contributed by atoms with van der Waals surface area (Å²) in [6.07, 6.45) is 4.11. The van der Waals surface area contributed by atoms with Crippen molar-refractivity contribution in [3.05, 3.63) is 93.7 Å². The van der Waals surface area contributed by atoms with Crippen molar-refractivity contribution in [1.82, 2.24) is 4.57 Å². The van der Waals surface area contributed by atoms with E-state index in [1.807, 2.05) is 48.3 Å². The van der Waals surface area contributed by atoms with Crippen LogP contribution in [0.1, 0.15) is 23.1 Å². The lowest BCUT2D eigenvalue weighted by molar-refractivity contribution is -0.685. The maximum Gasteiger partial charge on any atom is 0.271 e. The molecule has 2 aromatic heterocycles. The Labute approximate surface area is 232 Å². The van der Waals surface area contributed by atoms with Crippen LogP contribution in [0.25, 0.3) is 11.1 Å². The number of fused-ring (bicyclic) bond motifs is 1. The summed E-state index contributed by atoms with van der Waals surface area (Å²) in [6, 6.07) is 12.0. The minimum Gasteiger partial charge on any atom is -1.00 e. The summed E-state index contributed by atoms with van der Waals surface area (Å²) >= 11 is 17.6. The number of nitrogens with zero attached hydrogens (tertiary/aromatic N) is 3. The molecule has 1 aliphatic rings. The normalized spacial score (nSPS) is 14.9. The minimum absolute atomic E-state index is 0. The smallest absolute Gasteiger partial charge is 0.271 e. The van der Waals surface area contributed by atoms with Crippen LogP contribution in [0, 0.1) is 6.92 Å². The van der Waals surface area contributed by atoms with Crippen LogP contribution in [0.5, 0.6) is 0 Å². The van der Waals surface area contributed by atoms with Gasteiger partial charge in [0.2, 0.25) is 0 Å². The fourth-order valence-corrected chi connectivity index (χ4v) is 7.88. The number of hydrogen-bond donors (Lipinski definition) is 0. The number of thiazole rings is 2. The number of thioether (sulfide) groups is 1. The second-order valence-corrected chi connectivity index (χ2v) is 11.8. The molecule has 0 N–H and O–H groups in total. The van der Waals surface area contributed by atoms with Crippen LogP contribution in [-0.2, 0) is 13.1 Å². The van der Waals surface area contributed by atoms with Crippen molar-refractivity contribution in [2.75, 3.05) is 11.9 Å². The molecule has 35 heavy (non-hydrogen) atoms. The molecular formula is C25H22Cl3N3OS3. The van der Waals surface area contributed by atoms with Crippen LogP contribution >= 0.6 is 57.6 Å². The zero-order valence-corrected chi connectivity index (χ0v) is 23.9. The van der Waals surface area contributed by atoms with Crippen LogP contribution in [0.3, 0.4) is 0 Å². The van der Waals surface area contributed by atoms with Crippen LogP contribution in [0.4, 0.5) is 5.69 Å². The predicted octanol–water partition coefficient (Wildman–Crippen LogP) is 2.08. The summed E-state index contributed by atoms with van der Waals surface area (Å²) in [4.78, 5) is 16.7. The van der Waals surface area contributed by atoms with E-state index in [-0.39, 0.29) is 18.0 Å². The van der Waals surface area contributed by atoms with Gasteiger partial charge in [-0.25, -0.2) is 0 Å². The molecule has 4 aromatic rings. The van der Waals surface area contributed by atoms with Gasteiger partial charge in [-0.2, -0.15) is 4.57 Å². The number of hydrogen-bond acceptors (Lipinski definition) is 5. The Bertz CT molecular complexity index is 1570. The van der Waals surface area contributed by atoms with Gasteiger partial charge in [0, 0.05) is 18.5 Å². The Kier molecular flexibility index (Phi) is 8.05. The average molecular weight is 583 g/mol. The number of halogens is 3. The minimum atomic E-state index is 0. The van der Waals surface area contributed by atoms with E-state index in [4.69, 9.17) is 23.2 Å². The molecule has 0 unspecified atom stereocenters. The van der Waals surface area contributed by atoms with Crippen molar-refractivity contribution in [2.45, 2.75) is 31.8 Å². The number of rotatable bonds is 4. The van der Waals surface area contributed by atoms with Crippen molar-refractivity contribution in [1.29, 1.82) is 0 Å². The number of aryl methyl sites for hydroxylation is 1. The highest BCUT2D eigenvalue weighted by Gasteiger charge is 2.25. The average Bonchev–Trinajstić information content (AvgIpc) is 3.47. The highest BCUT2D eigenvalue weighted by molar-refractivity contribution is 8.08. The fraction of sp³-hybridized carbons (Fsp3) is 0.200. The van der Waals surface area contributed by atoms with Crippen molar-refractivity contribution in [3.8, 4) is 0 Å². The van der Waals surface area contributed by atoms with Gasteiger partial charge in [-0.1, -0.05) is 58.4 Å². The molecule has 1 aliphatic heterocycles. The highest BCUT2D eigenvalue weighted by Crippen LogP contribution is 2.45. The molecule has 2 aromatic carbocycles. The van der Waals surface area contributed by atoms with Crippen molar-refractivity contribution in [3.63, 3.8) is 0 Å². The van der Waals surface area contributed by atoms with E-state index in [0.717, 1.165) is 30.5 Å². The third kappa shape index (κ3) is 4.95. The second kappa shape index (κ2) is 10.7. The zero-order valence-electron chi connectivity index (χ0n) is 19.2. The molecule has 0 radical (unpaired) electrons. The molecule has 0 atom stereocenters. The van der Waals surface area contributed by atoms with E-state index in [1.54, 1.807) is 34.4 Å². The van der Waals surface area contributed by atoms with Gasteiger partial charge >= 0.3 is 0 Å². The van der Waals surface area contributed by atoms with Crippen molar-refractivity contribution in [2.24, 2.45) is 0 Å².